The molecule has 1 N–H and O–H groups in total. The summed E-state index contributed by atoms with van der Waals surface area (Å²) >= 11 is 4.94. The summed E-state index contributed by atoms with van der Waals surface area (Å²) in [7, 11) is 0. The average Bonchev–Trinajstić information content (AvgIpc) is 2.79. The summed E-state index contributed by atoms with van der Waals surface area (Å²) < 4.78 is 13.6. The van der Waals surface area contributed by atoms with Gasteiger partial charge in [0.1, 0.15) is 5.82 Å². The van der Waals surface area contributed by atoms with Gasteiger partial charge in [-0.3, -0.25) is 0 Å². The molecule has 17 heavy (non-hydrogen) atoms. The van der Waals surface area contributed by atoms with Gasteiger partial charge in [0.25, 0.3) is 0 Å². The first-order valence-corrected chi connectivity index (χ1v) is 7.06. The number of rotatable bonds is 4. The molecule has 0 radical (unpaired) electrons. The van der Waals surface area contributed by atoms with E-state index in [0.29, 0.717) is 4.47 Å². The summed E-state index contributed by atoms with van der Waals surface area (Å²) in [5.41, 5.74) is 1.05. The number of halogens is 2. The van der Waals surface area contributed by atoms with Crippen molar-refractivity contribution in [2.24, 2.45) is 0 Å². The summed E-state index contributed by atoms with van der Waals surface area (Å²) in [6, 6.07) is 9.31. The normalized spacial score (nSPS) is 10.8. The predicted octanol–water partition coefficient (Wildman–Crippen LogP) is 4.43. The molecule has 0 saturated heterocycles. The molecule has 4 heteroatoms. The van der Waals surface area contributed by atoms with E-state index in [0.717, 1.165) is 18.7 Å². The molecule has 0 amide bonds. The number of hydrogen-bond acceptors (Lipinski definition) is 2. The molecule has 2 aromatic rings. The Morgan fingerprint density at radius 3 is 2.82 bits per heavy atom. The van der Waals surface area contributed by atoms with Gasteiger partial charge in [0.2, 0.25) is 0 Å². The molecule has 1 nitrogen and oxygen atoms in total. The fraction of sp³-hybridized carbons (Fsp3) is 0.231. The van der Waals surface area contributed by atoms with Crippen molar-refractivity contribution in [2.75, 3.05) is 6.54 Å². The van der Waals surface area contributed by atoms with E-state index in [9.17, 15) is 4.39 Å². The molecule has 90 valence electrons. The maximum absolute atomic E-state index is 13.1. The van der Waals surface area contributed by atoms with Gasteiger partial charge in [-0.1, -0.05) is 13.0 Å². The van der Waals surface area contributed by atoms with Crippen LogP contribution in [-0.4, -0.2) is 6.54 Å². The second-order valence-electron chi connectivity index (χ2n) is 3.68. The van der Waals surface area contributed by atoms with E-state index in [1.165, 1.54) is 15.8 Å². The third-order valence-electron chi connectivity index (χ3n) is 2.42. The van der Waals surface area contributed by atoms with Crippen LogP contribution in [0.1, 0.15) is 11.8 Å². The zero-order valence-electron chi connectivity index (χ0n) is 9.47. The van der Waals surface area contributed by atoms with Crippen LogP contribution in [0, 0.1) is 5.82 Å². The predicted molar refractivity (Wildman–Crippen MR) is 74.8 cm³/mol. The Bertz CT molecular complexity index is 510. The fourth-order valence-corrected chi connectivity index (χ4v) is 2.88. The third-order valence-corrected chi connectivity index (χ3v) is 4.16. The minimum Gasteiger partial charge on any atom is -0.312 e. The van der Waals surface area contributed by atoms with E-state index >= 15 is 0 Å². The van der Waals surface area contributed by atoms with E-state index in [2.05, 4.69) is 40.3 Å². The highest BCUT2D eigenvalue weighted by molar-refractivity contribution is 9.10. The number of hydrogen-bond donors (Lipinski definition) is 1. The quantitative estimate of drug-likeness (QED) is 0.880. The van der Waals surface area contributed by atoms with Gasteiger partial charge in [-0.15, -0.1) is 11.3 Å². The average molecular weight is 314 g/mol. The van der Waals surface area contributed by atoms with Crippen molar-refractivity contribution in [1.82, 2.24) is 5.32 Å². The topological polar surface area (TPSA) is 12.0 Å². The van der Waals surface area contributed by atoms with E-state index in [4.69, 9.17) is 0 Å². The first-order valence-electron chi connectivity index (χ1n) is 5.45. The van der Waals surface area contributed by atoms with Gasteiger partial charge in [0.05, 0.1) is 4.47 Å². The molecule has 1 aromatic carbocycles. The highest BCUT2D eigenvalue weighted by Crippen LogP contribution is 2.30. The van der Waals surface area contributed by atoms with Crippen molar-refractivity contribution in [2.45, 2.75) is 13.5 Å². The molecule has 0 bridgehead atoms. The maximum atomic E-state index is 13.1. The molecule has 0 fully saturated rings. The van der Waals surface area contributed by atoms with E-state index in [-0.39, 0.29) is 5.82 Å². The van der Waals surface area contributed by atoms with Gasteiger partial charge in [-0.05, 0) is 52.3 Å². The van der Waals surface area contributed by atoms with Gasteiger partial charge in [0, 0.05) is 16.3 Å². The van der Waals surface area contributed by atoms with Gasteiger partial charge >= 0.3 is 0 Å². The summed E-state index contributed by atoms with van der Waals surface area (Å²) in [6.07, 6.45) is 0. The first kappa shape index (κ1) is 12.7. The molecule has 0 saturated carbocycles. The van der Waals surface area contributed by atoms with Crippen LogP contribution in [-0.2, 0) is 6.54 Å². The lowest BCUT2D eigenvalue weighted by Crippen LogP contribution is -2.10. The number of nitrogens with one attached hydrogen (secondary N) is 1. The molecular weight excluding hydrogens is 301 g/mol. The number of benzene rings is 1. The van der Waals surface area contributed by atoms with Gasteiger partial charge in [0.15, 0.2) is 0 Å². The molecular formula is C13H13BrFNS. The Morgan fingerprint density at radius 2 is 2.12 bits per heavy atom. The molecule has 0 aliphatic rings. The molecule has 0 atom stereocenters. The molecule has 2 rings (SSSR count). The van der Waals surface area contributed by atoms with Crippen molar-refractivity contribution in [3.05, 3.63) is 45.5 Å². The standard InChI is InChI=1S/C13H13BrFNS/c1-2-16-8-10-4-6-13(17-10)9-3-5-12(15)11(14)7-9/h3-7,16H,2,8H2,1H3. The van der Waals surface area contributed by atoms with Crippen LogP contribution in [0.25, 0.3) is 10.4 Å². The SMILES string of the molecule is CCNCc1ccc(-c2ccc(F)c(Br)c2)s1. The minimum atomic E-state index is -0.224. The second kappa shape index (κ2) is 5.76. The minimum absolute atomic E-state index is 0.224. The first-order chi connectivity index (χ1) is 8.20. The van der Waals surface area contributed by atoms with Crippen molar-refractivity contribution in [3.63, 3.8) is 0 Å². The van der Waals surface area contributed by atoms with Gasteiger partial charge < -0.3 is 5.32 Å². The Labute approximate surface area is 113 Å². The van der Waals surface area contributed by atoms with Gasteiger partial charge in [-0.2, -0.15) is 0 Å². The van der Waals surface area contributed by atoms with E-state index in [1.807, 2.05) is 12.1 Å². The summed E-state index contributed by atoms with van der Waals surface area (Å²) in [5, 5.41) is 3.29. The third kappa shape index (κ3) is 3.15. The molecule has 0 aliphatic heterocycles. The molecule has 1 aromatic heterocycles. The highest BCUT2D eigenvalue weighted by Gasteiger charge is 2.05. The van der Waals surface area contributed by atoms with Gasteiger partial charge in [-0.25, -0.2) is 4.39 Å². The van der Waals surface area contributed by atoms with Crippen LogP contribution in [0.15, 0.2) is 34.8 Å². The zero-order chi connectivity index (χ0) is 12.3. The fourth-order valence-electron chi connectivity index (χ4n) is 1.53. The van der Waals surface area contributed by atoms with Crippen LogP contribution in [0.4, 0.5) is 4.39 Å². The van der Waals surface area contributed by atoms with Crippen LogP contribution in [0.2, 0.25) is 0 Å². The largest absolute Gasteiger partial charge is 0.312 e. The maximum Gasteiger partial charge on any atom is 0.137 e. The smallest absolute Gasteiger partial charge is 0.137 e. The number of thiophene rings is 1. The van der Waals surface area contributed by atoms with Crippen LogP contribution >= 0.6 is 27.3 Å². The van der Waals surface area contributed by atoms with Crippen molar-refractivity contribution in [3.8, 4) is 10.4 Å². The van der Waals surface area contributed by atoms with E-state index < -0.39 is 0 Å². The lowest BCUT2D eigenvalue weighted by atomic mass is 10.2. The Morgan fingerprint density at radius 1 is 1.29 bits per heavy atom. The Kier molecular flexibility index (Phi) is 4.31. The monoisotopic (exact) mass is 313 g/mol. The van der Waals surface area contributed by atoms with Crippen LogP contribution < -0.4 is 5.32 Å². The molecule has 1 heterocycles. The van der Waals surface area contributed by atoms with Crippen molar-refractivity contribution < 1.29 is 4.39 Å². The Hall–Kier alpha value is -0.710. The molecule has 0 aliphatic carbocycles. The molecule has 0 spiro atoms. The highest BCUT2D eigenvalue weighted by atomic mass is 79.9. The van der Waals surface area contributed by atoms with Crippen molar-refractivity contribution in [1.29, 1.82) is 0 Å². The lowest BCUT2D eigenvalue weighted by Gasteiger charge is -2.00. The summed E-state index contributed by atoms with van der Waals surface area (Å²) in [5.74, 6) is -0.224. The lowest BCUT2D eigenvalue weighted by molar-refractivity contribution is 0.621. The summed E-state index contributed by atoms with van der Waals surface area (Å²) in [4.78, 5) is 2.46. The van der Waals surface area contributed by atoms with E-state index in [1.54, 1.807) is 11.3 Å². The van der Waals surface area contributed by atoms with Crippen LogP contribution in [0.5, 0.6) is 0 Å². The second-order valence-corrected chi connectivity index (χ2v) is 5.70. The zero-order valence-corrected chi connectivity index (χ0v) is 11.9. The summed E-state index contributed by atoms with van der Waals surface area (Å²) in [6.45, 7) is 3.95. The van der Waals surface area contributed by atoms with Crippen LogP contribution in [0.3, 0.4) is 0 Å². The Balaban J connectivity index is 2.21. The van der Waals surface area contributed by atoms with Crippen molar-refractivity contribution >= 4 is 27.3 Å². The molecule has 0 unspecified atom stereocenters.